The summed E-state index contributed by atoms with van der Waals surface area (Å²) in [5, 5.41) is 13.9. The molecular formula is C23H31N7O3S. The molecule has 2 saturated heterocycles. The number of hydrogen-bond donors (Lipinski definition) is 2. The predicted octanol–water partition coefficient (Wildman–Crippen LogP) is 1.01. The van der Waals surface area contributed by atoms with Crippen molar-refractivity contribution < 1.29 is 14.4 Å². The third-order valence-electron chi connectivity index (χ3n) is 6.24. The minimum atomic E-state index is -0.404. The van der Waals surface area contributed by atoms with Gasteiger partial charge in [-0.25, -0.2) is 0 Å². The maximum Gasteiger partial charge on any atom is 0.286 e. The first-order chi connectivity index (χ1) is 16.5. The van der Waals surface area contributed by atoms with Gasteiger partial charge in [-0.3, -0.25) is 19.3 Å². The van der Waals surface area contributed by atoms with Crippen LogP contribution in [-0.2, 0) is 4.79 Å². The van der Waals surface area contributed by atoms with Gasteiger partial charge in [0.25, 0.3) is 11.8 Å². The van der Waals surface area contributed by atoms with Gasteiger partial charge in [0.1, 0.15) is 0 Å². The first kappa shape index (κ1) is 24.2. The normalized spacial score (nSPS) is 19.6. The second kappa shape index (κ2) is 11.5. The first-order valence-corrected chi connectivity index (χ1v) is 12.5. The second-order valence-corrected chi connectivity index (χ2v) is 9.74. The third kappa shape index (κ3) is 6.37. The lowest BCUT2D eigenvalue weighted by atomic mass is 9.97. The molecule has 4 rings (SSSR count). The number of likely N-dealkylation sites (N-methyl/N-ethyl adjacent to an activating group) is 1. The van der Waals surface area contributed by atoms with Crippen LogP contribution in [0.3, 0.4) is 0 Å². The fourth-order valence-electron chi connectivity index (χ4n) is 4.17. The summed E-state index contributed by atoms with van der Waals surface area (Å²) >= 11 is 0.966. The molecule has 2 fully saturated rings. The Kier molecular flexibility index (Phi) is 8.20. The molecule has 0 aliphatic carbocycles. The Labute approximate surface area is 203 Å². The summed E-state index contributed by atoms with van der Waals surface area (Å²) in [5.74, 6) is -0.934. The van der Waals surface area contributed by atoms with Gasteiger partial charge in [0.15, 0.2) is 0 Å². The quantitative estimate of drug-likeness (QED) is 0.602. The smallest absolute Gasteiger partial charge is 0.286 e. The number of hydrogen-bond acceptors (Lipinski definition) is 8. The molecule has 0 bridgehead atoms. The molecule has 2 aromatic rings. The average molecular weight is 486 g/mol. The number of carbonyl (C=O) groups is 3. The largest absolute Gasteiger partial charge is 0.355 e. The number of nitrogens with one attached hydrogen (secondary N) is 2. The van der Waals surface area contributed by atoms with Crippen molar-refractivity contribution in [2.45, 2.75) is 12.8 Å². The molecule has 3 amide bonds. The monoisotopic (exact) mass is 485 g/mol. The van der Waals surface area contributed by atoms with E-state index in [0.29, 0.717) is 25.3 Å². The van der Waals surface area contributed by atoms with E-state index in [9.17, 15) is 14.4 Å². The Morgan fingerprint density at radius 1 is 1.03 bits per heavy atom. The molecule has 2 aliphatic rings. The fraction of sp³-hybridized carbons (Fsp3) is 0.522. The topological polar surface area (TPSA) is 111 Å². The average Bonchev–Trinajstić information content (AvgIpc) is 3.36. The van der Waals surface area contributed by atoms with Crippen LogP contribution in [0, 0.1) is 5.92 Å². The molecule has 1 atom stereocenters. The summed E-state index contributed by atoms with van der Waals surface area (Å²) in [6.07, 6.45) is 1.51. The minimum Gasteiger partial charge on any atom is -0.355 e. The summed E-state index contributed by atoms with van der Waals surface area (Å²) < 4.78 is 0. The maximum absolute atomic E-state index is 13.0. The van der Waals surface area contributed by atoms with E-state index < -0.39 is 5.91 Å². The number of aromatic nitrogens is 2. The number of piperazine rings is 1. The van der Waals surface area contributed by atoms with Crippen LogP contribution >= 0.6 is 11.3 Å². The number of likely N-dealkylation sites (tertiary alicyclic amines) is 1. The Bertz CT molecular complexity index is 991. The van der Waals surface area contributed by atoms with Gasteiger partial charge in [-0.1, -0.05) is 29.5 Å². The second-order valence-electron chi connectivity index (χ2n) is 8.76. The molecule has 182 valence electrons. The summed E-state index contributed by atoms with van der Waals surface area (Å²) in [5.41, 5.74) is 0.646. The van der Waals surface area contributed by atoms with Crippen molar-refractivity contribution in [2.24, 2.45) is 5.92 Å². The van der Waals surface area contributed by atoms with Crippen molar-refractivity contribution in [2.75, 3.05) is 64.7 Å². The molecule has 1 aromatic heterocycles. The molecule has 0 spiro atoms. The van der Waals surface area contributed by atoms with E-state index in [1.54, 1.807) is 17.0 Å². The summed E-state index contributed by atoms with van der Waals surface area (Å²) in [6.45, 7) is 6.51. The summed E-state index contributed by atoms with van der Waals surface area (Å²) in [7, 11) is 2.12. The number of benzene rings is 1. The van der Waals surface area contributed by atoms with Crippen LogP contribution in [0.1, 0.15) is 32.4 Å². The standard InChI is InChI=1S/C23H31N7O3S/c1-28-12-14-29(15-13-28)11-9-24-19(31)17-6-5-10-30(16-17)23(33)22-27-26-21(34-22)20(32)25-18-7-3-2-4-8-18/h2-4,7-8,17H,5-6,9-16H2,1H3,(H,24,31)(H,25,32)/t17-/m1/s1. The molecule has 11 heteroatoms. The highest BCUT2D eigenvalue weighted by Gasteiger charge is 2.31. The van der Waals surface area contributed by atoms with E-state index in [4.69, 9.17) is 0 Å². The number of rotatable bonds is 7. The third-order valence-corrected chi connectivity index (χ3v) is 7.15. The first-order valence-electron chi connectivity index (χ1n) is 11.7. The van der Waals surface area contributed by atoms with Gasteiger partial charge in [0, 0.05) is 58.0 Å². The SMILES string of the molecule is CN1CCN(CCNC(=O)[C@@H]2CCCN(C(=O)c3nnc(C(=O)Nc4ccccc4)s3)C2)CC1. The van der Waals surface area contributed by atoms with Crippen molar-refractivity contribution in [3.05, 3.63) is 40.3 Å². The number of piperidine rings is 1. The lowest BCUT2D eigenvalue weighted by Crippen LogP contribution is -2.49. The van der Waals surface area contributed by atoms with E-state index in [1.807, 2.05) is 18.2 Å². The molecule has 1 aromatic carbocycles. The Morgan fingerprint density at radius 3 is 2.53 bits per heavy atom. The Balaban J connectivity index is 1.26. The van der Waals surface area contributed by atoms with Crippen molar-refractivity contribution in [1.82, 2.24) is 30.2 Å². The van der Waals surface area contributed by atoms with Crippen molar-refractivity contribution in [3.8, 4) is 0 Å². The number of anilines is 1. The molecular weight excluding hydrogens is 454 g/mol. The molecule has 2 N–H and O–H groups in total. The molecule has 0 radical (unpaired) electrons. The number of para-hydroxylation sites is 1. The summed E-state index contributed by atoms with van der Waals surface area (Å²) in [4.78, 5) is 44.4. The number of amides is 3. The Hall–Kier alpha value is -2.89. The highest BCUT2D eigenvalue weighted by molar-refractivity contribution is 7.15. The van der Waals surface area contributed by atoms with Gasteiger partial charge >= 0.3 is 0 Å². The van der Waals surface area contributed by atoms with Gasteiger partial charge in [-0.2, -0.15) is 0 Å². The van der Waals surface area contributed by atoms with Crippen molar-refractivity contribution in [3.63, 3.8) is 0 Å². The zero-order valence-corrected chi connectivity index (χ0v) is 20.2. The van der Waals surface area contributed by atoms with E-state index in [1.165, 1.54) is 0 Å². The molecule has 10 nitrogen and oxygen atoms in total. The van der Waals surface area contributed by atoms with E-state index in [-0.39, 0.29) is 27.7 Å². The van der Waals surface area contributed by atoms with Crippen LogP contribution in [0.5, 0.6) is 0 Å². The lowest BCUT2D eigenvalue weighted by molar-refractivity contribution is -0.126. The zero-order valence-electron chi connectivity index (χ0n) is 19.4. The van der Waals surface area contributed by atoms with Crippen LogP contribution in [0.4, 0.5) is 5.69 Å². The lowest BCUT2D eigenvalue weighted by Gasteiger charge is -2.33. The fourth-order valence-corrected chi connectivity index (χ4v) is 4.88. The molecule has 2 aliphatic heterocycles. The van der Waals surface area contributed by atoms with E-state index in [0.717, 1.165) is 56.9 Å². The van der Waals surface area contributed by atoms with Gasteiger partial charge in [0.05, 0.1) is 5.92 Å². The van der Waals surface area contributed by atoms with Crippen molar-refractivity contribution in [1.29, 1.82) is 0 Å². The van der Waals surface area contributed by atoms with Gasteiger partial charge < -0.3 is 20.4 Å². The molecule has 0 unspecified atom stereocenters. The zero-order chi connectivity index (χ0) is 23.9. The van der Waals surface area contributed by atoms with Crippen LogP contribution in [0.25, 0.3) is 0 Å². The minimum absolute atomic E-state index is 0.00757. The highest BCUT2D eigenvalue weighted by Crippen LogP contribution is 2.21. The van der Waals surface area contributed by atoms with Gasteiger partial charge in [-0.15, -0.1) is 10.2 Å². The number of nitrogens with zero attached hydrogens (tertiary/aromatic N) is 5. The van der Waals surface area contributed by atoms with Crippen LogP contribution in [-0.4, -0.2) is 102 Å². The van der Waals surface area contributed by atoms with Gasteiger partial charge in [0.2, 0.25) is 15.9 Å². The summed E-state index contributed by atoms with van der Waals surface area (Å²) in [6, 6.07) is 9.04. The van der Waals surface area contributed by atoms with Crippen molar-refractivity contribution >= 4 is 34.7 Å². The Morgan fingerprint density at radius 2 is 1.76 bits per heavy atom. The number of carbonyl (C=O) groups excluding carboxylic acids is 3. The van der Waals surface area contributed by atoms with Crippen LogP contribution in [0.15, 0.2) is 30.3 Å². The van der Waals surface area contributed by atoms with E-state index in [2.05, 4.69) is 37.7 Å². The molecule has 3 heterocycles. The molecule has 34 heavy (non-hydrogen) atoms. The van der Waals surface area contributed by atoms with Gasteiger partial charge in [-0.05, 0) is 32.0 Å². The highest BCUT2D eigenvalue weighted by atomic mass is 32.1. The molecule has 0 saturated carbocycles. The van der Waals surface area contributed by atoms with Crippen LogP contribution < -0.4 is 10.6 Å². The van der Waals surface area contributed by atoms with Crippen LogP contribution in [0.2, 0.25) is 0 Å². The van der Waals surface area contributed by atoms with E-state index >= 15 is 0 Å². The predicted molar refractivity (Wildman–Crippen MR) is 130 cm³/mol. The maximum atomic E-state index is 13.0.